The van der Waals surface area contributed by atoms with E-state index in [9.17, 15) is 0 Å². The van der Waals surface area contributed by atoms with E-state index < -0.39 is 0 Å². The maximum absolute atomic E-state index is 5.53. The van der Waals surface area contributed by atoms with Gasteiger partial charge in [0.2, 0.25) is 0 Å². The third kappa shape index (κ3) is 9.79. The summed E-state index contributed by atoms with van der Waals surface area (Å²) in [5.41, 5.74) is 0. The second-order valence-electron chi connectivity index (χ2n) is 3.25. The molecule has 0 bridgehead atoms. The Morgan fingerprint density at radius 3 is 2.77 bits per heavy atom. The van der Waals surface area contributed by atoms with Crippen LogP contribution in [0.5, 0.6) is 0 Å². The molecule has 78 valence electrons. The smallest absolute Gasteiger partial charge is 0.146 e. The van der Waals surface area contributed by atoms with Gasteiger partial charge >= 0.3 is 0 Å². The standard InChI is InChI=1S/C10H22O2Si/c1-3-4-5-6-7-10(2)11-8-9-12-13/h3,10H,1,4-9H2,2,13H3. The lowest BCUT2D eigenvalue weighted by molar-refractivity contribution is 0.0401. The molecule has 3 heteroatoms. The zero-order valence-electron chi connectivity index (χ0n) is 8.92. The molecule has 0 aromatic carbocycles. The highest BCUT2D eigenvalue weighted by Crippen LogP contribution is 2.06. The zero-order chi connectivity index (χ0) is 9.94. The lowest BCUT2D eigenvalue weighted by Gasteiger charge is -2.12. The van der Waals surface area contributed by atoms with Gasteiger partial charge in [0.25, 0.3) is 0 Å². The van der Waals surface area contributed by atoms with Crippen molar-refractivity contribution in [3.63, 3.8) is 0 Å². The number of unbranched alkanes of at least 4 members (excludes halogenated alkanes) is 2. The van der Waals surface area contributed by atoms with E-state index in [0.29, 0.717) is 6.10 Å². The van der Waals surface area contributed by atoms with E-state index in [4.69, 9.17) is 9.16 Å². The van der Waals surface area contributed by atoms with Gasteiger partial charge in [-0.15, -0.1) is 6.58 Å². The largest absolute Gasteiger partial charge is 0.426 e. The Morgan fingerprint density at radius 2 is 2.15 bits per heavy atom. The summed E-state index contributed by atoms with van der Waals surface area (Å²) in [5, 5.41) is 0. The normalized spacial score (nSPS) is 13.0. The van der Waals surface area contributed by atoms with Crippen LogP contribution in [0.15, 0.2) is 12.7 Å². The van der Waals surface area contributed by atoms with Gasteiger partial charge in [-0.2, -0.15) is 0 Å². The maximum Gasteiger partial charge on any atom is 0.146 e. The zero-order valence-corrected chi connectivity index (χ0v) is 10.9. The summed E-state index contributed by atoms with van der Waals surface area (Å²) in [5.74, 6) is 0. The highest BCUT2D eigenvalue weighted by atomic mass is 28.2. The van der Waals surface area contributed by atoms with Gasteiger partial charge in [-0.05, 0) is 26.2 Å². The first-order valence-corrected chi connectivity index (χ1v) is 5.84. The number of hydrogen-bond donors (Lipinski definition) is 0. The van der Waals surface area contributed by atoms with Crippen molar-refractivity contribution in [3.05, 3.63) is 12.7 Å². The van der Waals surface area contributed by atoms with Crippen LogP contribution in [-0.4, -0.2) is 29.8 Å². The molecule has 0 spiro atoms. The molecule has 0 N–H and O–H groups in total. The Kier molecular flexibility index (Phi) is 9.87. The molecule has 0 aromatic heterocycles. The maximum atomic E-state index is 5.53. The molecule has 0 fully saturated rings. The van der Waals surface area contributed by atoms with Crippen molar-refractivity contribution in [2.24, 2.45) is 0 Å². The van der Waals surface area contributed by atoms with Gasteiger partial charge < -0.3 is 9.16 Å². The van der Waals surface area contributed by atoms with Crippen molar-refractivity contribution in [1.29, 1.82) is 0 Å². The first kappa shape index (κ1) is 12.9. The monoisotopic (exact) mass is 202 g/mol. The van der Waals surface area contributed by atoms with Gasteiger partial charge in [0.05, 0.1) is 19.3 Å². The third-order valence-electron chi connectivity index (χ3n) is 1.96. The molecule has 0 saturated heterocycles. The van der Waals surface area contributed by atoms with Gasteiger partial charge in [-0.25, -0.2) is 0 Å². The van der Waals surface area contributed by atoms with E-state index in [-0.39, 0.29) is 0 Å². The molecule has 0 aromatic rings. The minimum Gasteiger partial charge on any atom is -0.426 e. The summed E-state index contributed by atoms with van der Waals surface area (Å²) in [7, 11) is 0.812. The summed E-state index contributed by atoms with van der Waals surface area (Å²) in [4.78, 5) is 0. The molecule has 0 heterocycles. The van der Waals surface area contributed by atoms with Crippen LogP contribution in [0.2, 0.25) is 0 Å². The van der Waals surface area contributed by atoms with Gasteiger partial charge in [-0.1, -0.05) is 12.5 Å². The lowest BCUT2D eigenvalue weighted by Crippen LogP contribution is -2.12. The number of allylic oxidation sites excluding steroid dienone is 1. The number of ether oxygens (including phenoxy) is 1. The fourth-order valence-electron chi connectivity index (χ4n) is 1.14. The van der Waals surface area contributed by atoms with E-state index in [1.807, 2.05) is 6.08 Å². The van der Waals surface area contributed by atoms with Crippen LogP contribution in [0.25, 0.3) is 0 Å². The van der Waals surface area contributed by atoms with Crippen molar-refractivity contribution in [1.82, 2.24) is 0 Å². The van der Waals surface area contributed by atoms with Crippen molar-refractivity contribution in [3.8, 4) is 0 Å². The van der Waals surface area contributed by atoms with Crippen LogP contribution < -0.4 is 0 Å². The van der Waals surface area contributed by atoms with E-state index in [1.165, 1.54) is 12.8 Å². The minimum atomic E-state index is 0.377. The first-order valence-electron chi connectivity index (χ1n) is 5.02. The molecule has 1 unspecified atom stereocenters. The van der Waals surface area contributed by atoms with E-state index in [1.54, 1.807) is 0 Å². The third-order valence-corrected chi connectivity index (χ3v) is 2.37. The van der Waals surface area contributed by atoms with E-state index in [0.717, 1.165) is 36.5 Å². The predicted octanol–water partition coefficient (Wildman–Crippen LogP) is 1.43. The highest BCUT2D eigenvalue weighted by Gasteiger charge is 2.00. The fourth-order valence-corrected chi connectivity index (χ4v) is 1.30. The van der Waals surface area contributed by atoms with Crippen LogP contribution in [-0.2, 0) is 9.16 Å². The molecule has 0 aliphatic rings. The molecule has 13 heavy (non-hydrogen) atoms. The van der Waals surface area contributed by atoms with Crippen LogP contribution >= 0.6 is 0 Å². The Bertz CT molecular complexity index is 117. The predicted molar refractivity (Wildman–Crippen MR) is 60.0 cm³/mol. The number of hydrogen-bond acceptors (Lipinski definition) is 2. The molecule has 2 nitrogen and oxygen atoms in total. The Balaban J connectivity index is 3.09. The molecule has 0 saturated carbocycles. The van der Waals surface area contributed by atoms with Crippen molar-refractivity contribution < 1.29 is 9.16 Å². The van der Waals surface area contributed by atoms with Gasteiger partial charge in [0.15, 0.2) is 0 Å². The molecule has 0 aliphatic heterocycles. The van der Waals surface area contributed by atoms with Crippen molar-refractivity contribution >= 4 is 10.5 Å². The molecular formula is C10H22O2Si. The minimum absolute atomic E-state index is 0.377. The van der Waals surface area contributed by atoms with E-state index >= 15 is 0 Å². The van der Waals surface area contributed by atoms with Gasteiger partial charge in [0.1, 0.15) is 10.5 Å². The fraction of sp³-hybridized carbons (Fsp3) is 0.800. The van der Waals surface area contributed by atoms with Gasteiger partial charge in [0, 0.05) is 0 Å². The molecule has 0 amide bonds. The van der Waals surface area contributed by atoms with Crippen LogP contribution in [0, 0.1) is 0 Å². The Hall–Kier alpha value is -0.123. The highest BCUT2D eigenvalue weighted by molar-refractivity contribution is 5.97. The molecular weight excluding hydrogens is 180 g/mol. The Labute approximate surface area is 84.9 Å². The second-order valence-corrected chi connectivity index (χ2v) is 3.82. The summed E-state index contributed by atoms with van der Waals surface area (Å²) in [6.07, 6.45) is 7.08. The summed E-state index contributed by atoms with van der Waals surface area (Å²) >= 11 is 0. The van der Waals surface area contributed by atoms with Crippen LogP contribution in [0.4, 0.5) is 0 Å². The van der Waals surface area contributed by atoms with Crippen molar-refractivity contribution in [2.75, 3.05) is 13.2 Å². The summed E-state index contributed by atoms with van der Waals surface area (Å²) < 4.78 is 10.6. The second kappa shape index (κ2) is 9.96. The number of rotatable bonds is 9. The molecule has 0 rings (SSSR count). The average Bonchev–Trinajstić information content (AvgIpc) is 2.13. The van der Waals surface area contributed by atoms with Crippen LogP contribution in [0.1, 0.15) is 32.6 Å². The first-order chi connectivity index (χ1) is 6.31. The molecule has 0 radical (unpaired) electrons. The Morgan fingerprint density at radius 1 is 1.38 bits per heavy atom. The topological polar surface area (TPSA) is 18.5 Å². The lowest BCUT2D eigenvalue weighted by atomic mass is 10.1. The quantitative estimate of drug-likeness (QED) is 0.320. The average molecular weight is 202 g/mol. The molecule has 1 atom stereocenters. The van der Waals surface area contributed by atoms with Crippen molar-refractivity contribution in [2.45, 2.75) is 38.7 Å². The summed E-state index contributed by atoms with van der Waals surface area (Å²) in [6, 6.07) is 0. The van der Waals surface area contributed by atoms with E-state index in [2.05, 4.69) is 13.5 Å². The SMILES string of the molecule is C=CCCCCC(C)OCCO[SiH3]. The van der Waals surface area contributed by atoms with Crippen LogP contribution in [0.3, 0.4) is 0 Å². The summed E-state index contributed by atoms with van der Waals surface area (Å²) in [6.45, 7) is 7.32. The molecule has 0 aliphatic carbocycles. The van der Waals surface area contributed by atoms with Gasteiger partial charge in [-0.3, -0.25) is 0 Å².